The topological polar surface area (TPSA) is 26.7 Å². The summed E-state index contributed by atoms with van der Waals surface area (Å²) < 4.78 is 0. The number of anilines is 2. The smallest absolute Gasteiger partial charge is 0.0791 e. The van der Waals surface area contributed by atoms with Crippen LogP contribution in [-0.2, 0) is 0 Å². The predicted molar refractivity (Wildman–Crippen MR) is 163 cm³/mol. The van der Waals surface area contributed by atoms with Gasteiger partial charge in [-0.25, -0.2) is 0 Å². The van der Waals surface area contributed by atoms with E-state index in [1.165, 1.54) is 65.7 Å². The van der Waals surface area contributed by atoms with Crippen LogP contribution in [0.25, 0.3) is 11.3 Å². The quantitative estimate of drug-likeness (QED) is 0.219. The van der Waals surface area contributed by atoms with Gasteiger partial charge < -0.3 is 14.9 Å². The molecule has 2 aromatic carbocycles. The molecule has 0 radical (unpaired) electrons. The van der Waals surface area contributed by atoms with Gasteiger partial charge in [0.2, 0.25) is 0 Å². The van der Waals surface area contributed by atoms with Crippen molar-refractivity contribution in [3.05, 3.63) is 83.6 Å². The molecule has 0 saturated heterocycles. The van der Waals surface area contributed by atoms with Crippen LogP contribution in [0.2, 0.25) is 0 Å². The third kappa shape index (κ3) is 7.31. The average molecular weight is 501 g/mol. The van der Waals surface area contributed by atoms with Crippen LogP contribution < -0.4 is 9.80 Å². The molecule has 0 aromatic heterocycles. The first-order valence-corrected chi connectivity index (χ1v) is 14.3. The van der Waals surface area contributed by atoms with E-state index in [-0.39, 0.29) is 0 Å². The number of allylic oxidation sites excluding steroid dienone is 4. The molecule has 1 fully saturated rings. The van der Waals surface area contributed by atoms with Crippen LogP contribution >= 0.6 is 0 Å². The molecule has 1 atom stereocenters. The molecule has 3 rings (SSSR count). The maximum Gasteiger partial charge on any atom is 0.0791 e. The summed E-state index contributed by atoms with van der Waals surface area (Å²) >= 11 is 0. The van der Waals surface area contributed by atoms with Gasteiger partial charge in [0.05, 0.1) is 6.26 Å². The van der Waals surface area contributed by atoms with E-state index >= 15 is 0 Å². The maximum absolute atomic E-state index is 9.60. The van der Waals surface area contributed by atoms with E-state index in [2.05, 4.69) is 106 Å². The Morgan fingerprint density at radius 1 is 0.973 bits per heavy atom. The number of aliphatic hydroxyl groups excluding tert-OH is 1. The van der Waals surface area contributed by atoms with Crippen molar-refractivity contribution >= 4 is 22.6 Å². The second-order valence-corrected chi connectivity index (χ2v) is 10.9. The van der Waals surface area contributed by atoms with Gasteiger partial charge in [0.1, 0.15) is 0 Å². The molecule has 1 saturated carbocycles. The van der Waals surface area contributed by atoms with Gasteiger partial charge in [0.15, 0.2) is 0 Å². The first kappa shape index (κ1) is 28.6. The van der Waals surface area contributed by atoms with Crippen LogP contribution in [0.15, 0.2) is 72.5 Å². The SMILES string of the molecule is CCCC(CCC(C)C)/C(=C/C=C\O)c1cc(N(C)C(=C2CCC2)c2ccccc2)ccc1N(C)CC. The van der Waals surface area contributed by atoms with Gasteiger partial charge in [-0.1, -0.05) is 70.0 Å². The van der Waals surface area contributed by atoms with Crippen LogP contribution in [0.3, 0.4) is 0 Å². The minimum Gasteiger partial charge on any atom is -0.516 e. The molecule has 0 bridgehead atoms. The predicted octanol–water partition coefficient (Wildman–Crippen LogP) is 9.48. The highest BCUT2D eigenvalue weighted by Gasteiger charge is 2.23. The first-order valence-electron chi connectivity index (χ1n) is 14.3. The Hall–Kier alpha value is -2.94. The normalized spacial score (nSPS) is 14.7. The van der Waals surface area contributed by atoms with Gasteiger partial charge in [-0.2, -0.15) is 0 Å². The molecule has 2 aromatic rings. The third-order valence-corrected chi connectivity index (χ3v) is 7.77. The van der Waals surface area contributed by atoms with E-state index in [1.54, 1.807) is 11.6 Å². The number of nitrogens with zero attached hydrogens (tertiary/aromatic N) is 2. The van der Waals surface area contributed by atoms with E-state index in [9.17, 15) is 5.11 Å². The minimum absolute atomic E-state index is 0.451. The Morgan fingerprint density at radius 3 is 2.27 bits per heavy atom. The van der Waals surface area contributed by atoms with E-state index < -0.39 is 0 Å². The van der Waals surface area contributed by atoms with Gasteiger partial charge in [-0.15, -0.1) is 0 Å². The number of rotatable bonds is 13. The summed E-state index contributed by atoms with van der Waals surface area (Å²) in [5.74, 6) is 1.12. The van der Waals surface area contributed by atoms with Gasteiger partial charge in [0.25, 0.3) is 0 Å². The van der Waals surface area contributed by atoms with Gasteiger partial charge in [-0.05, 0) is 91.8 Å². The van der Waals surface area contributed by atoms with E-state index in [0.717, 1.165) is 25.8 Å². The second kappa shape index (κ2) is 14.1. The van der Waals surface area contributed by atoms with Crippen molar-refractivity contribution in [2.75, 3.05) is 30.4 Å². The third-order valence-electron chi connectivity index (χ3n) is 7.77. The van der Waals surface area contributed by atoms with Crippen LogP contribution in [0.4, 0.5) is 11.4 Å². The van der Waals surface area contributed by atoms with Crippen molar-refractivity contribution in [3.8, 4) is 0 Å². The largest absolute Gasteiger partial charge is 0.516 e. The molecular formula is C34H48N2O. The molecule has 1 aliphatic carbocycles. The van der Waals surface area contributed by atoms with E-state index in [1.807, 2.05) is 0 Å². The fourth-order valence-electron chi connectivity index (χ4n) is 5.35. The zero-order valence-electron chi connectivity index (χ0n) is 24.0. The summed E-state index contributed by atoms with van der Waals surface area (Å²) in [6, 6.07) is 17.8. The van der Waals surface area contributed by atoms with Crippen LogP contribution in [0, 0.1) is 11.8 Å². The van der Waals surface area contributed by atoms with Crippen molar-refractivity contribution in [3.63, 3.8) is 0 Å². The molecule has 1 aliphatic rings. The lowest BCUT2D eigenvalue weighted by Crippen LogP contribution is -2.22. The first-order chi connectivity index (χ1) is 17.9. The lowest BCUT2D eigenvalue weighted by atomic mass is 9.82. The Bertz CT molecular complexity index is 1070. The zero-order valence-corrected chi connectivity index (χ0v) is 24.0. The number of benzene rings is 2. The van der Waals surface area contributed by atoms with Gasteiger partial charge >= 0.3 is 0 Å². The summed E-state index contributed by atoms with van der Waals surface area (Å²) in [5, 5.41) is 9.60. The molecule has 1 unspecified atom stereocenters. The van der Waals surface area contributed by atoms with Gasteiger partial charge in [-0.3, -0.25) is 0 Å². The Morgan fingerprint density at radius 2 is 1.70 bits per heavy atom. The molecule has 200 valence electrons. The summed E-state index contributed by atoms with van der Waals surface area (Å²) in [5.41, 5.74) is 9.25. The molecule has 0 heterocycles. The Kier molecular flexibility index (Phi) is 10.9. The standard InChI is InChI=1S/C34H48N2O/c1-7-14-27(21-20-26(3)4)31(19-13-24-37)32-25-30(22-23-33(32)35(5)8-2)36(6)34(29-17-12-18-29)28-15-10-9-11-16-28/h9-11,13,15-16,19,22-27,37H,7-8,12,14,17-18,20-21H2,1-6H3/b24-13-,31-19-. The molecular weight excluding hydrogens is 452 g/mol. The van der Waals surface area contributed by atoms with Crippen molar-refractivity contribution in [2.24, 2.45) is 11.8 Å². The van der Waals surface area contributed by atoms with Gasteiger partial charge in [0, 0.05) is 43.3 Å². The summed E-state index contributed by atoms with van der Waals surface area (Å²) in [4.78, 5) is 4.73. The second-order valence-electron chi connectivity index (χ2n) is 10.9. The lowest BCUT2D eigenvalue weighted by molar-refractivity contribution is 0.465. The molecule has 3 heteroatoms. The van der Waals surface area contributed by atoms with Crippen molar-refractivity contribution in [2.45, 2.75) is 72.6 Å². The number of hydrogen-bond donors (Lipinski definition) is 1. The zero-order chi connectivity index (χ0) is 26.8. The highest BCUT2D eigenvalue weighted by atomic mass is 16.2. The van der Waals surface area contributed by atoms with Crippen molar-refractivity contribution < 1.29 is 5.11 Å². The van der Waals surface area contributed by atoms with Crippen LogP contribution in [0.1, 0.15) is 83.8 Å². The summed E-state index contributed by atoms with van der Waals surface area (Å²) in [7, 11) is 4.39. The number of aliphatic hydroxyl groups is 1. The highest BCUT2D eigenvalue weighted by Crippen LogP contribution is 2.41. The van der Waals surface area contributed by atoms with E-state index in [4.69, 9.17) is 0 Å². The maximum atomic E-state index is 9.60. The Balaban J connectivity index is 2.15. The molecule has 0 spiro atoms. The Labute approximate surface area is 226 Å². The van der Waals surface area contributed by atoms with Crippen LogP contribution in [-0.4, -0.2) is 25.7 Å². The highest BCUT2D eigenvalue weighted by molar-refractivity contribution is 5.86. The van der Waals surface area contributed by atoms with Crippen molar-refractivity contribution in [1.29, 1.82) is 0 Å². The lowest BCUT2D eigenvalue weighted by Gasteiger charge is -2.32. The minimum atomic E-state index is 0.451. The molecule has 1 N–H and O–H groups in total. The summed E-state index contributed by atoms with van der Waals surface area (Å²) in [6.45, 7) is 10.0. The molecule has 3 nitrogen and oxygen atoms in total. The summed E-state index contributed by atoms with van der Waals surface area (Å²) in [6.07, 6.45) is 13.4. The monoisotopic (exact) mass is 500 g/mol. The van der Waals surface area contributed by atoms with Crippen molar-refractivity contribution in [1.82, 2.24) is 0 Å². The van der Waals surface area contributed by atoms with Crippen LogP contribution in [0.5, 0.6) is 0 Å². The fourth-order valence-corrected chi connectivity index (χ4v) is 5.35. The number of hydrogen-bond acceptors (Lipinski definition) is 3. The average Bonchev–Trinajstić information content (AvgIpc) is 2.88. The fraction of sp³-hybridized carbons (Fsp3) is 0.471. The van der Waals surface area contributed by atoms with E-state index in [0.29, 0.717) is 11.8 Å². The molecule has 0 amide bonds. The molecule has 37 heavy (non-hydrogen) atoms. The molecule has 0 aliphatic heterocycles.